The lowest BCUT2D eigenvalue weighted by molar-refractivity contribution is -0.0397. The van der Waals surface area contributed by atoms with Gasteiger partial charge in [-0.15, -0.1) is 6.42 Å². The SMILES string of the molecule is C#CC(C)(C)OCC(O)CN1CCC(Cc2ccccc2)CC1. The van der Waals surface area contributed by atoms with Gasteiger partial charge in [0.05, 0.1) is 12.7 Å². The number of likely N-dealkylation sites (tertiary alicyclic amines) is 1. The van der Waals surface area contributed by atoms with E-state index in [1.807, 2.05) is 13.8 Å². The molecule has 1 fully saturated rings. The fourth-order valence-corrected chi connectivity index (χ4v) is 3.02. The summed E-state index contributed by atoms with van der Waals surface area (Å²) < 4.78 is 5.57. The van der Waals surface area contributed by atoms with Crippen molar-refractivity contribution in [2.45, 2.75) is 44.8 Å². The van der Waals surface area contributed by atoms with Crippen LogP contribution in [0.3, 0.4) is 0 Å². The van der Waals surface area contributed by atoms with Gasteiger partial charge in [-0.1, -0.05) is 36.3 Å². The molecular weight excluding hydrogens is 286 g/mol. The predicted octanol–water partition coefficient (Wildman–Crippen LogP) is 2.73. The Hall–Kier alpha value is -1.34. The smallest absolute Gasteiger partial charge is 0.122 e. The molecule has 0 saturated carbocycles. The summed E-state index contributed by atoms with van der Waals surface area (Å²) in [5.74, 6) is 3.33. The Morgan fingerprint density at radius 1 is 1.30 bits per heavy atom. The molecule has 1 aromatic carbocycles. The van der Waals surface area contributed by atoms with Crippen LogP contribution in [0.15, 0.2) is 30.3 Å². The Balaban J connectivity index is 1.67. The fourth-order valence-electron chi connectivity index (χ4n) is 3.02. The number of piperidine rings is 1. The third-order valence-electron chi connectivity index (χ3n) is 4.53. The average Bonchev–Trinajstić information content (AvgIpc) is 2.56. The second kappa shape index (κ2) is 8.49. The van der Waals surface area contributed by atoms with E-state index >= 15 is 0 Å². The van der Waals surface area contributed by atoms with Gasteiger partial charge in [0.1, 0.15) is 5.60 Å². The molecule has 1 N–H and O–H groups in total. The molecule has 1 aliphatic rings. The lowest BCUT2D eigenvalue weighted by Gasteiger charge is -2.33. The largest absolute Gasteiger partial charge is 0.389 e. The Bertz CT molecular complexity index is 498. The molecule has 0 aliphatic carbocycles. The topological polar surface area (TPSA) is 32.7 Å². The Morgan fingerprint density at radius 2 is 1.96 bits per heavy atom. The summed E-state index contributed by atoms with van der Waals surface area (Å²) in [6, 6.07) is 10.7. The lowest BCUT2D eigenvalue weighted by atomic mass is 9.90. The van der Waals surface area contributed by atoms with Crippen LogP contribution in [0.2, 0.25) is 0 Å². The number of aliphatic hydroxyl groups excluding tert-OH is 1. The molecule has 1 atom stereocenters. The summed E-state index contributed by atoms with van der Waals surface area (Å²) in [7, 11) is 0. The Morgan fingerprint density at radius 3 is 2.57 bits per heavy atom. The van der Waals surface area contributed by atoms with Gasteiger partial charge >= 0.3 is 0 Å². The zero-order valence-electron chi connectivity index (χ0n) is 14.4. The van der Waals surface area contributed by atoms with E-state index in [1.54, 1.807) is 0 Å². The molecule has 1 unspecified atom stereocenters. The summed E-state index contributed by atoms with van der Waals surface area (Å²) in [5.41, 5.74) is 0.819. The van der Waals surface area contributed by atoms with E-state index in [4.69, 9.17) is 11.2 Å². The summed E-state index contributed by atoms with van der Waals surface area (Å²) in [6.45, 7) is 6.74. The maximum Gasteiger partial charge on any atom is 0.122 e. The van der Waals surface area contributed by atoms with Crippen molar-refractivity contribution in [1.82, 2.24) is 4.90 Å². The molecule has 1 heterocycles. The molecule has 1 saturated heterocycles. The van der Waals surface area contributed by atoms with Crippen LogP contribution in [-0.4, -0.2) is 48.0 Å². The van der Waals surface area contributed by atoms with Crippen molar-refractivity contribution >= 4 is 0 Å². The minimum Gasteiger partial charge on any atom is -0.389 e. The summed E-state index contributed by atoms with van der Waals surface area (Å²) in [4.78, 5) is 2.33. The third kappa shape index (κ3) is 6.35. The van der Waals surface area contributed by atoms with Crippen molar-refractivity contribution in [2.24, 2.45) is 5.92 Å². The highest BCUT2D eigenvalue weighted by Gasteiger charge is 2.22. The molecule has 1 aliphatic heterocycles. The first-order valence-corrected chi connectivity index (χ1v) is 8.54. The second-order valence-corrected chi connectivity index (χ2v) is 7.05. The van der Waals surface area contributed by atoms with Gasteiger partial charge in [0.25, 0.3) is 0 Å². The van der Waals surface area contributed by atoms with Crippen LogP contribution in [0.5, 0.6) is 0 Å². The van der Waals surface area contributed by atoms with Crippen molar-refractivity contribution < 1.29 is 9.84 Å². The molecule has 3 heteroatoms. The monoisotopic (exact) mass is 315 g/mol. The standard InChI is InChI=1S/C20H29NO2/c1-4-20(2,3)23-16-19(22)15-21-12-10-18(11-13-21)14-17-8-6-5-7-9-17/h1,5-9,18-19,22H,10-16H2,2-3H3. The van der Waals surface area contributed by atoms with Gasteiger partial charge in [-0.3, -0.25) is 0 Å². The Labute approximate surface area is 140 Å². The summed E-state index contributed by atoms with van der Waals surface area (Å²) in [5, 5.41) is 10.1. The van der Waals surface area contributed by atoms with Gasteiger partial charge in [0.2, 0.25) is 0 Å². The van der Waals surface area contributed by atoms with Crippen LogP contribution in [0.4, 0.5) is 0 Å². The van der Waals surface area contributed by atoms with Gasteiger partial charge in [-0.05, 0) is 57.7 Å². The highest BCUT2D eigenvalue weighted by molar-refractivity contribution is 5.15. The van der Waals surface area contributed by atoms with E-state index in [-0.39, 0.29) is 0 Å². The minimum absolute atomic E-state index is 0.293. The van der Waals surface area contributed by atoms with E-state index in [0.717, 1.165) is 25.4 Å². The van der Waals surface area contributed by atoms with Crippen LogP contribution in [0, 0.1) is 18.3 Å². The van der Waals surface area contributed by atoms with Crippen molar-refractivity contribution in [3.63, 3.8) is 0 Å². The molecule has 0 radical (unpaired) electrons. The van der Waals surface area contributed by atoms with E-state index in [9.17, 15) is 5.11 Å². The summed E-state index contributed by atoms with van der Waals surface area (Å²) in [6.07, 6.45) is 8.46. The fraction of sp³-hybridized carbons (Fsp3) is 0.600. The van der Waals surface area contributed by atoms with Gasteiger partial charge in [0, 0.05) is 6.54 Å². The van der Waals surface area contributed by atoms with Gasteiger partial charge in [-0.25, -0.2) is 0 Å². The van der Waals surface area contributed by atoms with Crippen LogP contribution >= 0.6 is 0 Å². The second-order valence-electron chi connectivity index (χ2n) is 7.05. The average molecular weight is 315 g/mol. The van der Waals surface area contributed by atoms with Crippen LogP contribution in [0.1, 0.15) is 32.3 Å². The predicted molar refractivity (Wildman–Crippen MR) is 94.2 cm³/mol. The number of β-amino-alcohol motifs (C(OH)–C–C–N with tert-alkyl or cyclic N) is 1. The van der Waals surface area contributed by atoms with Crippen LogP contribution in [-0.2, 0) is 11.2 Å². The van der Waals surface area contributed by atoms with Gasteiger partial charge < -0.3 is 14.7 Å². The normalized spacial score (nSPS) is 18.5. The first-order valence-electron chi connectivity index (χ1n) is 8.54. The maximum absolute atomic E-state index is 10.1. The number of aliphatic hydroxyl groups is 1. The molecule has 0 bridgehead atoms. The third-order valence-corrected chi connectivity index (χ3v) is 4.53. The van der Waals surface area contributed by atoms with Crippen LogP contribution in [0.25, 0.3) is 0 Å². The van der Waals surface area contributed by atoms with Crippen molar-refractivity contribution in [3.8, 4) is 12.3 Å². The van der Waals surface area contributed by atoms with Crippen LogP contribution < -0.4 is 0 Å². The number of nitrogens with zero attached hydrogens (tertiary/aromatic N) is 1. The highest BCUT2D eigenvalue weighted by Crippen LogP contribution is 2.21. The molecule has 1 aromatic rings. The number of rotatable bonds is 7. The molecule has 3 nitrogen and oxygen atoms in total. The maximum atomic E-state index is 10.1. The van der Waals surface area contributed by atoms with E-state index in [2.05, 4.69) is 41.2 Å². The van der Waals surface area contributed by atoms with Crippen molar-refractivity contribution in [1.29, 1.82) is 0 Å². The number of benzene rings is 1. The molecule has 23 heavy (non-hydrogen) atoms. The molecule has 2 rings (SSSR count). The van der Waals surface area contributed by atoms with E-state index in [0.29, 0.717) is 13.2 Å². The first-order chi connectivity index (χ1) is 11.0. The van der Waals surface area contributed by atoms with Gasteiger partial charge in [0.15, 0.2) is 0 Å². The van der Waals surface area contributed by atoms with Crippen molar-refractivity contribution in [2.75, 3.05) is 26.2 Å². The number of terminal acetylenes is 1. The molecular formula is C20H29NO2. The lowest BCUT2D eigenvalue weighted by Crippen LogP contribution is -2.41. The number of hydrogen-bond acceptors (Lipinski definition) is 3. The highest BCUT2D eigenvalue weighted by atomic mass is 16.5. The zero-order valence-corrected chi connectivity index (χ0v) is 14.4. The molecule has 126 valence electrons. The molecule has 0 amide bonds. The minimum atomic E-state index is -0.607. The number of hydrogen-bond donors (Lipinski definition) is 1. The van der Waals surface area contributed by atoms with Crippen molar-refractivity contribution in [3.05, 3.63) is 35.9 Å². The first kappa shape index (κ1) is 18.0. The number of ether oxygens (including phenoxy) is 1. The molecule has 0 spiro atoms. The van der Waals surface area contributed by atoms with Gasteiger partial charge in [-0.2, -0.15) is 0 Å². The Kier molecular flexibility index (Phi) is 6.65. The zero-order chi connectivity index (χ0) is 16.7. The summed E-state index contributed by atoms with van der Waals surface area (Å²) >= 11 is 0. The van der Waals surface area contributed by atoms with E-state index in [1.165, 1.54) is 18.4 Å². The quantitative estimate of drug-likeness (QED) is 0.785. The van der Waals surface area contributed by atoms with E-state index < -0.39 is 11.7 Å². The molecule has 0 aromatic heterocycles.